The van der Waals surface area contributed by atoms with Gasteiger partial charge in [0.25, 0.3) is 10.1 Å². The van der Waals surface area contributed by atoms with E-state index in [2.05, 4.69) is 0 Å². The van der Waals surface area contributed by atoms with Crippen LogP contribution in [0.3, 0.4) is 0 Å². The van der Waals surface area contributed by atoms with E-state index in [0.29, 0.717) is 5.56 Å². The highest BCUT2D eigenvalue weighted by Gasteiger charge is 2.10. The summed E-state index contributed by atoms with van der Waals surface area (Å²) in [4.78, 5) is -0.0278. The zero-order valence-corrected chi connectivity index (χ0v) is 7.30. The molecule has 0 aliphatic carbocycles. The molecule has 0 atom stereocenters. The zero-order valence-electron chi connectivity index (χ0n) is 6.48. The second kappa shape index (κ2) is 3.69. The Morgan fingerprint density at radius 3 is 2.08 bits per heavy atom. The van der Waals surface area contributed by atoms with Gasteiger partial charge in [0.05, 0.1) is 4.90 Å². The smallest absolute Gasteiger partial charge is 0.282 e. The summed E-state index contributed by atoms with van der Waals surface area (Å²) in [6.07, 6.45) is 0. The van der Waals surface area contributed by atoms with Gasteiger partial charge in [0, 0.05) is 7.43 Å². The first kappa shape index (κ1) is 11.1. The zero-order chi connectivity index (χ0) is 8.48. The first-order valence-electron chi connectivity index (χ1n) is 3.05. The molecule has 0 unspecified atom stereocenters. The van der Waals surface area contributed by atoms with Crippen LogP contribution in [0, 0.1) is 14.4 Å². The van der Waals surface area contributed by atoms with E-state index in [0.717, 1.165) is 0 Å². The average molecular weight is 184 g/mol. The van der Waals surface area contributed by atoms with Crippen LogP contribution < -0.4 is 0 Å². The molecule has 64 valence electrons. The van der Waals surface area contributed by atoms with Crippen molar-refractivity contribution in [3.63, 3.8) is 0 Å². The molecule has 1 aromatic carbocycles. The van der Waals surface area contributed by atoms with Gasteiger partial charge in [-0.25, -0.2) is 0 Å². The predicted octanol–water partition coefficient (Wildman–Crippen LogP) is 1.32. The maximum Gasteiger partial charge on any atom is 0.294 e. The Kier molecular flexibility index (Phi) is 3.42. The second-order valence-corrected chi connectivity index (χ2v) is 3.63. The molecule has 0 saturated heterocycles. The minimum Gasteiger partial charge on any atom is -0.282 e. The van der Waals surface area contributed by atoms with Crippen molar-refractivity contribution >= 4 is 10.1 Å². The molecular weight excluding hydrogens is 176 g/mol. The molecule has 0 aromatic heterocycles. The molecule has 12 heavy (non-hydrogen) atoms. The van der Waals surface area contributed by atoms with Gasteiger partial charge in [-0.1, -0.05) is 18.2 Å². The average Bonchev–Trinajstić information content (AvgIpc) is 1.86. The summed E-state index contributed by atoms with van der Waals surface area (Å²) < 4.78 is 29.9. The summed E-state index contributed by atoms with van der Waals surface area (Å²) in [5.74, 6) is 0. The van der Waals surface area contributed by atoms with E-state index in [4.69, 9.17) is 4.55 Å². The lowest BCUT2D eigenvalue weighted by atomic mass is 10.2. The summed E-state index contributed by atoms with van der Waals surface area (Å²) in [5.41, 5.74) is 0.551. The van der Waals surface area contributed by atoms with Crippen LogP contribution in [0.25, 0.3) is 0 Å². The lowest BCUT2D eigenvalue weighted by molar-refractivity contribution is 0.482. The van der Waals surface area contributed by atoms with Gasteiger partial charge in [0.1, 0.15) is 0 Å². The molecular formula is C8H8O3S. The molecule has 4 heteroatoms. The van der Waals surface area contributed by atoms with Crippen molar-refractivity contribution in [3.05, 3.63) is 37.3 Å². The van der Waals surface area contributed by atoms with E-state index in [1.54, 1.807) is 25.1 Å². The highest BCUT2D eigenvalue weighted by molar-refractivity contribution is 7.85. The number of hydrogen-bond donors (Lipinski definition) is 1. The quantitative estimate of drug-likeness (QED) is 0.670. The topological polar surface area (TPSA) is 54.4 Å². The number of aryl methyl sites for hydroxylation is 1. The third kappa shape index (κ3) is 2.32. The van der Waals surface area contributed by atoms with Crippen molar-refractivity contribution in [2.75, 3.05) is 0 Å². The van der Waals surface area contributed by atoms with E-state index in [-0.39, 0.29) is 12.3 Å². The van der Waals surface area contributed by atoms with Crippen molar-refractivity contribution < 1.29 is 13.0 Å². The molecule has 0 aliphatic rings. The molecule has 0 aliphatic heterocycles. The van der Waals surface area contributed by atoms with Gasteiger partial charge in [0.15, 0.2) is 0 Å². The summed E-state index contributed by atoms with van der Waals surface area (Å²) in [6, 6.07) is 6.27. The van der Waals surface area contributed by atoms with Gasteiger partial charge < -0.3 is 0 Å². The number of benzene rings is 1. The predicted molar refractivity (Wildman–Crippen MR) is 44.2 cm³/mol. The highest BCUT2D eigenvalue weighted by atomic mass is 32.2. The van der Waals surface area contributed by atoms with Crippen molar-refractivity contribution in [1.82, 2.24) is 0 Å². The second-order valence-electron chi connectivity index (χ2n) is 2.24. The molecule has 0 fully saturated rings. The molecule has 1 N–H and O–H groups in total. The van der Waals surface area contributed by atoms with Crippen molar-refractivity contribution in [2.45, 2.75) is 11.8 Å². The molecule has 1 rings (SSSR count). The van der Waals surface area contributed by atoms with Gasteiger partial charge >= 0.3 is 0 Å². The van der Waals surface area contributed by atoms with Crippen LogP contribution in [0.2, 0.25) is 0 Å². The van der Waals surface area contributed by atoms with Gasteiger partial charge in [-0.05, 0) is 18.6 Å². The van der Waals surface area contributed by atoms with Gasteiger partial charge in [-0.15, -0.1) is 0 Å². The molecule has 0 heterocycles. The van der Waals surface area contributed by atoms with Gasteiger partial charge in [-0.2, -0.15) is 8.42 Å². The Balaban J connectivity index is 0.00000121. The summed E-state index contributed by atoms with van der Waals surface area (Å²) >= 11 is 0. The van der Waals surface area contributed by atoms with E-state index in [1.807, 2.05) is 0 Å². The fraction of sp³-hybridized carbons (Fsp3) is 0.125. The van der Waals surface area contributed by atoms with Crippen LogP contribution in [0.1, 0.15) is 5.56 Å². The van der Waals surface area contributed by atoms with E-state index < -0.39 is 10.1 Å². The van der Waals surface area contributed by atoms with E-state index in [9.17, 15) is 8.42 Å². The van der Waals surface area contributed by atoms with Crippen molar-refractivity contribution in [2.24, 2.45) is 0 Å². The van der Waals surface area contributed by atoms with Crippen molar-refractivity contribution in [1.29, 1.82) is 0 Å². The first-order chi connectivity index (χ1) is 5.02. The van der Waals surface area contributed by atoms with Gasteiger partial charge in [-0.3, -0.25) is 4.55 Å². The minimum absolute atomic E-state index is 0. The van der Waals surface area contributed by atoms with Crippen LogP contribution in [0.5, 0.6) is 0 Å². The molecule has 0 bridgehead atoms. The van der Waals surface area contributed by atoms with Crippen LogP contribution in [-0.4, -0.2) is 13.0 Å². The third-order valence-electron chi connectivity index (χ3n) is 1.37. The van der Waals surface area contributed by atoms with Gasteiger partial charge in [0.2, 0.25) is 0 Å². The van der Waals surface area contributed by atoms with E-state index in [1.165, 1.54) is 6.07 Å². The Morgan fingerprint density at radius 2 is 1.75 bits per heavy atom. The lowest BCUT2D eigenvalue weighted by Gasteiger charge is -1.99. The Morgan fingerprint density at radius 1 is 1.25 bits per heavy atom. The molecule has 1 aromatic rings. The lowest BCUT2D eigenvalue weighted by Crippen LogP contribution is -1.99. The monoisotopic (exact) mass is 184 g/mol. The van der Waals surface area contributed by atoms with Crippen LogP contribution in [0.4, 0.5) is 0 Å². The van der Waals surface area contributed by atoms with Crippen LogP contribution in [0.15, 0.2) is 29.2 Å². The Bertz CT molecular complexity index is 354. The Hall–Kier alpha value is -0.870. The normalized spacial score (nSPS) is 10.5. The maximum atomic E-state index is 10.6. The largest absolute Gasteiger partial charge is 0.294 e. The minimum atomic E-state index is -4.03. The number of hydrogen-bond acceptors (Lipinski definition) is 2. The third-order valence-corrected chi connectivity index (χ3v) is 2.39. The fourth-order valence-corrected chi connectivity index (χ4v) is 1.57. The van der Waals surface area contributed by atoms with Crippen LogP contribution >= 0.6 is 0 Å². The molecule has 0 spiro atoms. The summed E-state index contributed by atoms with van der Waals surface area (Å²) in [7, 11) is -4.03. The van der Waals surface area contributed by atoms with Crippen molar-refractivity contribution in [3.8, 4) is 0 Å². The fourth-order valence-electron chi connectivity index (χ4n) is 0.846. The maximum absolute atomic E-state index is 10.6. The van der Waals surface area contributed by atoms with E-state index >= 15 is 0 Å². The summed E-state index contributed by atoms with van der Waals surface area (Å²) in [6.45, 7) is 1.63. The molecule has 0 amide bonds. The molecule has 3 nitrogen and oxygen atoms in total. The molecule has 4 radical (unpaired) electrons. The molecule has 0 saturated carbocycles. The number of rotatable bonds is 1. The Labute approximate surface area is 72.8 Å². The first-order valence-corrected chi connectivity index (χ1v) is 4.49. The van der Waals surface area contributed by atoms with Crippen LogP contribution in [-0.2, 0) is 10.1 Å². The highest BCUT2D eigenvalue weighted by Crippen LogP contribution is 2.12. The standard InChI is InChI=1S/C7H8O3S.C/c1-6-4-2-3-5-7(6)11(8,9)10;/h2-5H,1H3,(H,8,9,10);. The SMILES string of the molecule is Cc1ccccc1S(=O)(=O)O.[C]. The summed E-state index contributed by atoms with van der Waals surface area (Å²) in [5, 5.41) is 0.